The zero-order valence-electron chi connectivity index (χ0n) is 26.7. The van der Waals surface area contributed by atoms with Crippen LogP contribution in [-0.2, 0) is 18.6 Å². The first kappa shape index (κ1) is 29.2. The van der Waals surface area contributed by atoms with Gasteiger partial charge in [0.2, 0.25) is 0 Å². The van der Waals surface area contributed by atoms with Gasteiger partial charge in [-0.15, -0.1) is 0 Å². The molecule has 0 aliphatic carbocycles. The highest BCUT2D eigenvalue weighted by Gasteiger charge is 2.55. The van der Waals surface area contributed by atoms with Crippen LogP contribution in [0.3, 0.4) is 0 Å². The number of fused-ring (bicyclic) bond motifs is 6. The molecule has 3 aliphatic heterocycles. The molecule has 0 amide bonds. The Morgan fingerprint density at radius 3 is 1.07 bits per heavy atom. The van der Waals surface area contributed by atoms with Gasteiger partial charge in [0.15, 0.2) is 0 Å². The summed E-state index contributed by atoms with van der Waals surface area (Å²) in [5, 5.41) is 0. The third kappa shape index (κ3) is 4.58. The van der Waals surface area contributed by atoms with Crippen molar-refractivity contribution in [3.8, 4) is 45.3 Å². The van der Waals surface area contributed by atoms with Gasteiger partial charge in [0.05, 0.1) is 22.4 Å². The zero-order chi connectivity index (χ0) is 31.1. The van der Waals surface area contributed by atoms with Crippen molar-refractivity contribution >= 4 is 25.2 Å². The molecule has 2 saturated heterocycles. The number of benzene rings is 4. The normalized spacial score (nSPS) is 20.5. The van der Waals surface area contributed by atoms with Gasteiger partial charge in [0.25, 0.3) is 0 Å². The van der Waals surface area contributed by atoms with Crippen LogP contribution in [0, 0.1) is 0 Å². The Labute approximate surface area is 260 Å². The van der Waals surface area contributed by atoms with Crippen molar-refractivity contribution in [2.45, 2.75) is 77.8 Å². The number of rotatable bonds is 2. The topological polar surface area (TPSA) is 55.4 Å². The SMILES string of the molecule is CC1(C)OB(c2cccc3c2-c2c(cccc2B2OC(C)(C)C(C)(C)O2)Oc2ccccc2-c2ccccc2O3)OC1(C)C. The molecule has 0 aromatic heterocycles. The summed E-state index contributed by atoms with van der Waals surface area (Å²) in [6.45, 7) is 16.5. The lowest BCUT2D eigenvalue weighted by atomic mass is 9.68. The predicted molar refractivity (Wildman–Crippen MR) is 175 cm³/mol. The van der Waals surface area contributed by atoms with E-state index >= 15 is 0 Å². The van der Waals surface area contributed by atoms with Crippen LogP contribution in [0.1, 0.15) is 55.4 Å². The van der Waals surface area contributed by atoms with Crippen molar-refractivity contribution in [3.63, 3.8) is 0 Å². The predicted octanol–water partition coefficient (Wildman–Crippen LogP) is 7.52. The Hall–Kier alpha value is -3.55. The lowest BCUT2D eigenvalue weighted by Crippen LogP contribution is -2.41. The van der Waals surface area contributed by atoms with Gasteiger partial charge in [-0.05, 0) is 90.6 Å². The van der Waals surface area contributed by atoms with Crippen LogP contribution in [0.4, 0.5) is 0 Å². The summed E-state index contributed by atoms with van der Waals surface area (Å²) in [6.07, 6.45) is 0. The minimum absolute atomic E-state index is 0.534. The molecule has 0 spiro atoms. The smallest absolute Gasteiger partial charge is 0.456 e. The lowest BCUT2D eigenvalue weighted by Gasteiger charge is -2.32. The molecular weight excluding hydrogens is 550 g/mol. The molecule has 7 rings (SSSR count). The van der Waals surface area contributed by atoms with Crippen LogP contribution < -0.4 is 20.4 Å². The van der Waals surface area contributed by atoms with E-state index in [1.54, 1.807) is 0 Å². The Morgan fingerprint density at radius 1 is 0.386 bits per heavy atom. The van der Waals surface area contributed by atoms with E-state index in [0.29, 0.717) is 23.0 Å². The first-order valence-corrected chi connectivity index (χ1v) is 15.3. The van der Waals surface area contributed by atoms with E-state index in [-0.39, 0.29) is 0 Å². The van der Waals surface area contributed by atoms with Crippen LogP contribution in [-0.4, -0.2) is 36.6 Å². The summed E-state index contributed by atoms with van der Waals surface area (Å²) in [6, 6.07) is 28.1. The second-order valence-electron chi connectivity index (χ2n) is 13.8. The standard InChI is InChI=1S/C36H38B2O6/c1-33(2)34(3,4)42-37(41-33)25-17-13-21-29-31(25)32-26(38-43-35(5,6)36(7,8)44-38)18-14-22-30(32)40-28-20-12-10-16-24(28)23-15-9-11-19-27(23)39-29/h9-22H,1-8H3. The molecule has 44 heavy (non-hydrogen) atoms. The third-order valence-electron chi connectivity index (χ3n) is 9.89. The van der Waals surface area contributed by atoms with Crippen LogP contribution in [0.25, 0.3) is 22.3 Å². The molecule has 0 atom stereocenters. The van der Waals surface area contributed by atoms with E-state index in [9.17, 15) is 0 Å². The molecule has 0 bridgehead atoms. The summed E-state index contributed by atoms with van der Waals surface area (Å²) in [5.74, 6) is 2.73. The maximum Gasteiger partial charge on any atom is 0.495 e. The number of ether oxygens (including phenoxy) is 2. The van der Waals surface area contributed by atoms with Gasteiger partial charge >= 0.3 is 14.2 Å². The average Bonchev–Trinajstić information content (AvgIpc) is 3.32. The average molecular weight is 588 g/mol. The quantitative estimate of drug-likeness (QED) is 0.199. The fourth-order valence-electron chi connectivity index (χ4n) is 5.93. The minimum Gasteiger partial charge on any atom is -0.456 e. The maximum atomic E-state index is 6.89. The summed E-state index contributed by atoms with van der Waals surface area (Å²) >= 11 is 0. The van der Waals surface area contributed by atoms with Crippen molar-refractivity contribution in [3.05, 3.63) is 84.9 Å². The van der Waals surface area contributed by atoms with Gasteiger partial charge < -0.3 is 28.1 Å². The van der Waals surface area contributed by atoms with E-state index in [2.05, 4.69) is 67.5 Å². The minimum atomic E-state index is -0.650. The van der Waals surface area contributed by atoms with Crippen LogP contribution >= 0.6 is 0 Å². The van der Waals surface area contributed by atoms with Crippen LogP contribution in [0.15, 0.2) is 84.9 Å². The fraction of sp³-hybridized carbons (Fsp3) is 0.333. The lowest BCUT2D eigenvalue weighted by molar-refractivity contribution is 0.00578. The molecule has 0 saturated carbocycles. The van der Waals surface area contributed by atoms with Crippen molar-refractivity contribution in [2.75, 3.05) is 0 Å². The number of hydrogen-bond acceptors (Lipinski definition) is 6. The molecule has 4 aromatic rings. The summed E-state index contributed by atoms with van der Waals surface area (Å²) < 4.78 is 40.3. The monoisotopic (exact) mass is 588 g/mol. The molecule has 2 fully saturated rings. The molecular formula is C36H38B2O6. The highest BCUT2D eigenvalue weighted by atomic mass is 16.7. The van der Waals surface area contributed by atoms with Crippen molar-refractivity contribution in [1.29, 1.82) is 0 Å². The first-order chi connectivity index (χ1) is 20.8. The van der Waals surface area contributed by atoms with E-state index in [4.69, 9.17) is 28.1 Å². The molecule has 224 valence electrons. The molecule has 3 heterocycles. The van der Waals surface area contributed by atoms with Gasteiger partial charge in [-0.1, -0.05) is 60.7 Å². The molecule has 6 nitrogen and oxygen atoms in total. The third-order valence-corrected chi connectivity index (χ3v) is 9.89. The number of para-hydroxylation sites is 2. The first-order valence-electron chi connectivity index (χ1n) is 15.3. The molecule has 3 aliphatic rings. The van der Waals surface area contributed by atoms with E-state index in [1.165, 1.54) is 0 Å². The van der Waals surface area contributed by atoms with E-state index in [1.807, 2.05) is 72.8 Å². The van der Waals surface area contributed by atoms with E-state index < -0.39 is 36.6 Å². The molecule has 0 N–H and O–H groups in total. The van der Waals surface area contributed by atoms with Gasteiger partial charge in [-0.25, -0.2) is 0 Å². The molecule has 8 heteroatoms. The maximum absolute atomic E-state index is 6.89. The Balaban J connectivity index is 1.52. The second kappa shape index (κ2) is 9.98. The van der Waals surface area contributed by atoms with Gasteiger partial charge in [-0.3, -0.25) is 0 Å². The molecule has 0 unspecified atom stereocenters. The molecule has 4 aromatic carbocycles. The fourth-order valence-corrected chi connectivity index (χ4v) is 5.93. The Bertz CT molecular complexity index is 1600. The summed E-state index contributed by atoms with van der Waals surface area (Å²) in [7, 11) is -1.30. The highest BCUT2D eigenvalue weighted by Crippen LogP contribution is 2.47. The van der Waals surface area contributed by atoms with Crippen molar-refractivity contribution < 1.29 is 28.1 Å². The van der Waals surface area contributed by atoms with Crippen molar-refractivity contribution in [2.24, 2.45) is 0 Å². The number of hydrogen-bond donors (Lipinski definition) is 0. The Morgan fingerprint density at radius 2 is 0.705 bits per heavy atom. The van der Waals surface area contributed by atoms with Gasteiger partial charge in [-0.2, -0.15) is 0 Å². The van der Waals surface area contributed by atoms with Gasteiger partial charge in [0.1, 0.15) is 23.0 Å². The van der Waals surface area contributed by atoms with Gasteiger partial charge in [0, 0.05) is 22.3 Å². The zero-order valence-corrected chi connectivity index (χ0v) is 26.7. The van der Waals surface area contributed by atoms with Crippen LogP contribution in [0.5, 0.6) is 23.0 Å². The van der Waals surface area contributed by atoms with E-state index in [0.717, 1.165) is 33.2 Å². The summed E-state index contributed by atoms with van der Waals surface area (Å²) in [5.41, 5.74) is 3.01. The largest absolute Gasteiger partial charge is 0.495 e. The Kier molecular flexibility index (Phi) is 6.62. The second-order valence-corrected chi connectivity index (χ2v) is 13.8. The highest BCUT2D eigenvalue weighted by molar-refractivity contribution is 6.66. The van der Waals surface area contributed by atoms with Crippen molar-refractivity contribution in [1.82, 2.24) is 0 Å². The van der Waals surface area contributed by atoms with Crippen LogP contribution in [0.2, 0.25) is 0 Å². The molecule has 0 radical (unpaired) electrons. The summed E-state index contributed by atoms with van der Waals surface area (Å²) in [4.78, 5) is 0.